The number of piperazine rings is 1. The van der Waals surface area contributed by atoms with Crippen LogP contribution in [0.1, 0.15) is 39.0 Å². The third kappa shape index (κ3) is 5.42. The number of carbonyl (C=O) groups is 3. The standard InChI is InChI=1S/C32H34FN3O4/c1-21-7-6-10-24(19-21)31(38)28-27(22-11-13-25(33)14-12-22)30(32(39)35-17-15-34-16-18-35)36(26(37)20-40-2)29(28)23-8-4-3-5-9-23/h3-14,19,27-30,34H,15-18,20H2,1-2H3. The van der Waals surface area contributed by atoms with Crippen molar-refractivity contribution in [3.63, 3.8) is 0 Å². The molecule has 40 heavy (non-hydrogen) atoms. The molecule has 0 aliphatic carbocycles. The zero-order valence-corrected chi connectivity index (χ0v) is 22.8. The number of hydrogen-bond acceptors (Lipinski definition) is 5. The van der Waals surface area contributed by atoms with Crippen molar-refractivity contribution in [2.75, 3.05) is 39.9 Å². The van der Waals surface area contributed by atoms with Crippen LogP contribution in [0, 0.1) is 18.7 Å². The van der Waals surface area contributed by atoms with E-state index in [9.17, 15) is 18.8 Å². The summed E-state index contributed by atoms with van der Waals surface area (Å²) in [5.41, 5.74) is 2.82. The molecule has 2 aliphatic rings. The van der Waals surface area contributed by atoms with Gasteiger partial charge in [0, 0.05) is 44.8 Å². The van der Waals surface area contributed by atoms with Crippen LogP contribution in [-0.2, 0) is 14.3 Å². The number of halogens is 1. The molecule has 3 aromatic rings. The summed E-state index contributed by atoms with van der Waals surface area (Å²) in [6, 6.07) is 20.9. The van der Waals surface area contributed by atoms with Crippen LogP contribution >= 0.6 is 0 Å². The average Bonchev–Trinajstić information content (AvgIpc) is 3.34. The van der Waals surface area contributed by atoms with Crippen molar-refractivity contribution >= 4 is 17.6 Å². The fourth-order valence-corrected chi connectivity index (χ4v) is 6.16. The fraction of sp³-hybridized carbons (Fsp3) is 0.344. The van der Waals surface area contributed by atoms with Gasteiger partial charge >= 0.3 is 0 Å². The first-order chi connectivity index (χ1) is 19.4. The van der Waals surface area contributed by atoms with Gasteiger partial charge in [-0.25, -0.2) is 4.39 Å². The highest BCUT2D eigenvalue weighted by Crippen LogP contribution is 2.51. The highest BCUT2D eigenvalue weighted by atomic mass is 19.1. The number of benzene rings is 3. The van der Waals surface area contributed by atoms with E-state index in [4.69, 9.17) is 4.74 Å². The first kappa shape index (κ1) is 27.7. The van der Waals surface area contributed by atoms with Gasteiger partial charge in [0.15, 0.2) is 5.78 Å². The molecule has 3 aromatic carbocycles. The number of carbonyl (C=O) groups excluding carboxylic acids is 3. The van der Waals surface area contributed by atoms with Crippen molar-refractivity contribution in [3.05, 3.63) is 107 Å². The summed E-state index contributed by atoms with van der Waals surface area (Å²) < 4.78 is 19.4. The summed E-state index contributed by atoms with van der Waals surface area (Å²) >= 11 is 0. The molecule has 2 fully saturated rings. The molecule has 208 valence electrons. The Morgan fingerprint density at radius 3 is 2.27 bits per heavy atom. The van der Waals surface area contributed by atoms with E-state index < -0.39 is 29.7 Å². The zero-order chi connectivity index (χ0) is 28.2. The molecule has 0 spiro atoms. The maximum Gasteiger partial charge on any atom is 0.249 e. The van der Waals surface area contributed by atoms with E-state index in [2.05, 4.69) is 5.32 Å². The number of ketones is 1. The predicted molar refractivity (Wildman–Crippen MR) is 149 cm³/mol. The minimum absolute atomic E-state index is 0.169. The summed E-state index contributed by atoms with van der Waals surface area (Å²) in [4.78, 5) is 46.1. The molecule has 7 nitrogen and oxygen atoms in total. The van der Waals surface area contributed by atoms with Gasteiger partial charge in [0.25, 0.3) is 0 Å². The Kier molecular flexibility index (Phi) is 8.38. The van der Waals surface area contributed by atoms with Gasteiger partial charge in [-0.1, -0.05) is 66.2 Å². The topological polar surface area (TPSA) is 79.0 Å². The van der Waals surface area contributed by atoms with Gasteiger partial charge in [-0.15, -0.1) is 0 Å². The second-order valence-corrected chi connectivity index (χ2v) is 10.4. The number of nitrogens with one attached hydrogen (secondary N) is 1. The normalized spacial score (nSPS) is 22.8. The Morgan fingerprint density at radius 2 is 1.62 bits per heavy atom. The minimum Gasteiger partial charge on any atom is -0.375 e. The third-order valence-electron chi connectivity index (χ3n) is 7.91. The number of rotatable bonds is 7. The first-order valence-corrected chi connectivity index (χ1v) is 13.6. The fourth-order valence-electron chi connectivity index (χ4n) is 6.16. The van der Waals surface area contributed by atoms with Crippen LogP contribution in [0.25, 0.3) is 0 Å². The van der Waals surface area contributed by atoms with E-state index in [1.54, 1.807) is 28.0 Å². The number of aryl methyl sites for hydroxylation is 1. The largest absolute Gasteiger partial charge is 0.375 e. The van der Waals surface area contributed by atoms with Crippen molar-refractivity contribution < 1.29 is 23.5 Å². The average molecular weight is 544 g/mol. The van der Waals surface area contributed by atoms with Crippen LogP contribution in [-0.4, -0.2) is 73.3 Å². The summed E-state index contributed by atoms with van der Waals surface area (Å²) in [6.07, 6.45) is 0. The number of amides is 2. The van der Waals surface area contributed by atoms with E-state index in [0.29, 0.717) is 37.3 Å². The van der Waals surface area contributed by atoms with E-state index in [1.807, 2.05) is 55.5 Å². The quantitative estimate of drug-likeness (QED) is 0.460. The SMILES string of the molecule is COCC(=O)N1C(C(=O)N2CCNCC2)C(c2ccc(F)cc2)C(C(=O)c2cccc(C)c2)C1c1ccccc1. The molecule has 0 saturated carbocycles. The Balaban J connectivity index is 1.74. The zero-order valence-electron chi connectivity index (χ0n) is 22.8. The monoisotopic (exact) mass is 543 g/mol. The summed E-state index contributed by atoms with van der Waals surface area (Å²) in [5, 5.41) is 3.26. The van der Waals surface area contributed by atoms with E-state index in [1.165, 1.54) is 19.2 Å². The van der Waals surface area contributed by atoms with Gasteiger partial charge in [-0.2, -0.15) is 0 Å². The van der Waals surface area contributed by atoms with E-state index in [-0.39, 0.29) is 24.2 Å². The van der Waals surface area contributed by atoms with Crippen molar-refractivity contribution in [1.82, 2.24) is 15.1 Å². The molecule has 2 heterocycles. The molecule has 4 unspecified atom stereocenters. The molecule has 0 aromatic heterocycles. The van der Waals surface area contributed by atoms with E-state index in [0.717, 1.165) is 11.1 Å². The van der Waals surface area contributed by atoms with Crippen LogP contribution in [0.2, 0.25) is 0 Å². The summed E-state index contributed by atoms with van der Waals surface area (Å²) in [6.45, 7) is 3.94. The molecule has 2 aliphatic heterocycles. The van der Waals surface area contributed by atoms with Crippen molar-refractivity contribution in [3.8, 4) is 0 Å². The molecule has 0 bridgehead atoms. The molecule has 4 atom stereocenters. The molecule has 0 radical (unpaired) electrons. The highest BCUT2D eigenvalue weighted by molar-refractivity contribution is 6.02. The van der Waals surface area contributed by atoms with Gasteiger partial charge in [0.2, 0.25) is 11.8 Å². The van der Waals surface area contributed by atoms with Gasteiger partial charge in [0.05, 0.1) is 12.0 Å². The van der Waals surface area contributed by atoms with Crippen LogP contribution in [0.15, 0.2) is 78.9 Å². The maximum absolute atomic E-state index is 14.5. The van der Waals surface area contributed by atoms with Crippen LogP contribution in [0.3, 0.4) is 0 Å². The lowest BCUT2D eigenvalue weighted by molar-refractivity contribution is -0.148. The van der Waals surface area contributed by atoms with Gasteiger partial charge in [-0.3, -0.25) is 14.4 Å². The van der Waals surface area contributed by atoms with Crippen molar-refractivity contribution in [1.29, 1.82) is 0 Å². The lowest BCUT2D eigenvalue weighted by Gasteiger charge is -2.36. The lowest BCUT2D eigenvalue weighted by Crippen LogP contribution is -2.55. The number of hydrogen-bond donors (Lipinski definition) is 1. The number of likely N-dealkylation sites (tertiary alicyclic amines) is 1. The van der Waals surface area contributed by atoms with Gasteiger partial charge in [-0.05, 0) is 36.2 Å². The highest BCUT2D eigenvalue weighted by Gasteiger charge is 2.58. The molecule has 8 heteroatoms. The smallest absolute Gasteiger partial charge is 0.249 e. The minimum atomic E-state index is -0.977. The Labute approximate surface area is 233 Å². The number of nitrogens with zero attached hydrogens (tertiary/aromatic N) is 2. The van der Waals surface area contributed by atoms with Crippen LogP contribution < -0.4 is 5.32 Å². The molecule has 2 saturated heterocycles. The summed E-state index contributed by atoms with van der Waals surface area (Å²) in [5.74, 6) is -2.69. The Bertz CT molecular complexity index is 1360. The van der Waals surface area contributed by atoms with E-state index >= 15 is 0 Å². The molecule has 1 N–H and O–H groups in total. The molecule has 2 amide bonds. The predicted octanol–water partition coefficient (Wildman–Crippen LogP) is 3.75. The Hall–Kier alpha value is -3.88. The first-order valence-electron chi connectivity index (χ1n) is 13.6. The maximum atomic E-state index is 14.5. The molecular weight excluding hydrogens is 509 g/mol. The van der Waals surface area contributed by atoms with Crippen LogP contribution in [0.4, 0.5) is 4.39 Å². The van der Waals surface area contributed by atoms with Crippen molar-refractivity contribution in [2.45, 2.75) is 24.9 Å². The number of ether oxygens (including phenoxy) is 1. The van der Waals surface area contributed by atoms with Gasteiger partial charge < -0.3 is 19.9 Å². The molecule has 5 rings (SSSR count). The van der Waals surface area contributed by atoms with Crippen molar-refractivity contribution in [2.24, 2.45) is 5.92 Å². The number of methoxy groups -OCH3 is 1. The number of Topliss-reactive ketones (excluding diaryl/α,β-unsaturated/α-hetero) is 1. The second kappa shape index (κ2) is 12.1. The second-order valence-electron chi connectivity index (χ2n) is 10.4. The van der Waals surface area contributed by atoms with Crippen LogP contribution in [0.5, 0.6) is 0 Å². The summed E-state index contributed by atoms with van der Waals surface area (Å²) in [7, 11) is 1.44. The van der Waals surface area contributed by atoms with Gasteiger partial charge in [0.1, 0.15) is 18.5 Å². The molecular formula is C32H34FN3O4. The Morgan fingerprint density at radius 1 is 0.925 bits per heavy atom. The lowest BCUT2D eigenvalue weighted by atomic mass is 9.75. The third-order valence-corrected chi connectivity index (χ3v) is 7.91.